The smallest absolute Gasteiger partial charge is 0.248 e. The van der Waals surface area contributed by atoms with Gasteiger partial charge in [-0.15, -0.1) is 11.3 Å². The molecule has 6 heteroatoms. The number of nitrogens with zero attached hydrogens (tertiary/aromatic N) is 4. The van der Waals surface area contributed by atoms with Crippen molar-refractivity contribution in [3.8, 4) is 0 Å². The van der Waals surface area contributed by atoms with E-state index in [1.165, 1.54) is 10.4 Å². The number of nitrogens with one attached hydrogen (secondary N) is 1. The number of tetrazole rings is 1. The van der Waals surface area contributed by atoms with Crippen LogP contribution in [-0.4, -0.2) is 20.2 Å². The molecule has 116 valence electrons. The van der Waals surface area contributed by atoms with Crippen LogP contribution in [0.25, 0.3) is 5.70 Å². The molecule has 0 amide bonds. The SMILES string of the molecule is CC(C)c1ccc(C2=CC(c3cccs3)n3nnnc3N2)cc1. The highest BCUT2D eigenvalue weighted by Gasteiger charge is 2.24. The molecule has 1 aliphatic heterocycles. The lowest BCUT2D eigenvalue weighted by atomic mass is 10.00. The molecule has 1 aromatic carbocycles. The van der Waals surface area contributed by atoms with Gasteiger partial charge in [0.15, 0.2) is 0 Å². The monoisotopic (exact) mass is 323 g/mol. The Hall–Kier alpha value is -2.47. The number of hydrogen-bond acceptors (Lipinski definition) is 5. The Balaban J connectivity index is 1.74. The second-order valence-electron chi connectivity index (χ2n) is 5.89. The predicted molar refractivity (Wildman–Crippen MR) is 92.4 cm³/mol. The first-order valence-electron chi connectivity index (χ1n) is 7.63. The molecule has 1 atom stereocenters. The molecule has 3 aromatic rings. The normalized spacial score (nSPS) is 16.8. The van der Waals surface area contributed by atoms with Gasteiger partial charge < -0.3 is 5.32 Å². The Kier molecular flexibility index (Phi) is 3.46. The number of anilines is 1. The van der Waals surface area contributed by atoms with Crippen molar-refractivity contribution < 1.29 is 0 Å². The molecule has 1 unspecified atom stereocenters. The van der Waals surface area contributed by atoms with Crippen molar-refractivity contribution in [2.75, 3.05) is 5.32 Å². The minimum Gasteiger partial charge on any atom is -0.323 e. The van der Waals surface area contributed by atoms with Gasteiger partial charge in [0.1, 0.15) is 6.04 Å². The molecular formula is C17H17N5S. The third-order valence-electron chi connectivity index (χ3n) is 4.05. The molecule has 4 rings (SSSR count). The fourth-order valence-corrected chi connectivity index (χ4v) is 3.51. The number of benzene rings is 1. The van der Waals surface area contributed by atoms with Gasteiger partial charge in [-0.1, -0.05) is 49.3 Å². The standard InChI is InChI=1S/C17H17N5S/c1-11(2)12-5-7-13(8-6-12)14-10-15(16-4-3-9-23-16)22-17(18-14)19-20-21-22/h3-11,15H,1-2H3,(H,18,19,21). The molecule has 1 aliphatic rings. The van der Waals surface area contributed by atoms with Crippen LogP contribution >= 0.6 is 11.3 Å². The zero-order valence-electron chi connectivity index (χ0n) is 13.0. The number of fused-ring (bicyclic) bond motifs is 1. The van der Waals surface area contributed by atoms with Crippen LogP contribution in [0.3, 0.4) is 0 Å². The van der Waals surface area contributed by atoms with E-state index in [1.807, 2.05) is 4.68 Å². The fourth-order valence-electron chi connectivity index (χ4n) is 2.73. The van der Waals surface area contributed by atoms with Gasteiger partial charge in [0.05, 0.1) is 0 Å². The van der Waals surface area contributed by atoms with Crippen molar-refractivity contribution in [3.05, 3.63) is 63.9 Å². The molecule has 2 aromatic heterocycles. The lowest BCUT2D eigenvalue weighted by Crippen LogP contribution is -2.19. The maximum atomic E-state index is 4.11. The number of allylic oxidation sites excluding steroid dienone is 1. The summed E-state index contributed by atoms with van der Waals surface area (Å²) < 4.78 is 1.82. The third kappa shape index (κ3) is 2.55. The van der Waals surface area contributed by atoms with Crippen LogP contribution in [0.5, 0.6) is 0 Å². The number of aromatic nitrogens is 4. The average molecular weight is 323 g/mol. The molecule has 3 heterocycles. The van der Waals surface area contributed by atoms with Gasteiger partial charge in [-0.3, -0.25) is 0 Å². The molecule has 0 aliphatic carbocycles. The quantitative estimate of drug-likeness (QED) is 0.794. The third-order valence-corrected chi connectivity index (χ3v) is 4.99. The van der Waals surface area contributed by atoms with Crippen LogP contribution in [0.4, 0.5) is 5.95 Å². The van der Waals surface area contributed by atoms with Crippen molar-refractivity contribution in [2.24, 2.45) is 0 Å². The van der Waals surface area contributed by atoms with Gasteiger partial charge in [-0.2, -0.15) is 4.68 Å². The van der Waals surface area contributed by atoms with Gasteiger partial charge in [0.2, 0.25) is 5.95 Å². The first-order valence-corrected chi connectivity index (χ1v) is 8.51. The predicted octanol–water partition coefficient (Wildman–Crippen LogP) is 3.91. The highest BCUT2D eigenvalue weighted by molar-refractivity contribution is 7.10. The van der Waals surface area contributed by atoms with Crippen molar-refractivity contribution in [1.82, 2.24) is 20.2 Å². The van der Waals surface area contributed by atoms with Crippen molar-refractivity contribution in [1.29, 1.82) is 0 Å². The lowest BCUT2D eigenvalue weighted by molar-refractivity contribution is 0.593. The molecule has 23 heavy (non-hydrogen) atoms. The summed E-state index contributed by atoms with van der Waals surface area (Å²) in [5.74, 6) is 1.21. The molecule has 0 spiro atoms. The first-order chi connectivity index (χ1) is 11.2. The van der Waals surface area contributed by atoms with Gasteiger partial charge in [0, 0.05) is 10.6 Å². The molecule has 1 N–H and O–H groups in total. The molecule has 0 saturated heterocycles. The minimum atomic E-state index is 0.0287. The first kappa shape index (κ1) is 14.1. The Morgan fingerprint density at radius 1 is 1.17 bits per heavy atom. The van der Waals surface area contributed by atoms with E-state index in [0.29, 0.717) is 11.9 Å². The van der Waals surface area contributed by atoms with E-state index in [4.69, 9.17) is 0 Å². The van der Waals surface area contributed by atoms with E-state index in [9.17, 15) is 0 Å². The van der Waals surface area contributed by atoms with E-state index in [1.54, 1.807) is 11.3 Å². The van der Waals surface area contributed by atoms with Crippen molar-refractivity contribution in [3.63, 3.8) is 0 Å². The van der Waals surface area contributed by atoms with Crippen molar-refractivity contribution in [2.45, 2.75) is 25.8 Å². The van der Waals surface area contributed by atoms with Gasteiger partial charge in [-0.05, 0) is 45.0 Å². The second-order valence-corrected chi connectivity index (χ2v) is 6.87. The average Bonchev–Trinajstić information content (AvgIpc) is 3.25. The summed E-state index contributed by atoms with van der Waals surface area (Å²) in [6, 6.07) is 12.9. The summed E-state index contributed by atoms with van der Waals surface area (Å²) in [5.41, 5.74) is 3.52. The molecule has 0 saturated carbocycles. The summed E-state index contributed by atoms with van der Waals surface area (Å²) in [7, 11) is 0. The van der Waals surface area contributed by atoms with E-state index in [0.717, 1.165) is 11.3 Å². The summed E-state index contributed by atoms with van der Waals surface area (Å²) in [6.45, 7) is 4.40. The largest absolute Gasteiger partial charge is 0.323 e. The number of thiophene rings is 1. The highest BCUT2D eigenvalue weighted by Crippen LogP contribution is 2.33. The maximum absolute atomic E-state index is 4.11. The van der Waals surface area contributed by atoms with Gasteiger partial charge in [-0.25, -0.2) is 0 Å². The Labute approximate surface area is 138 Å². The summed E-state index contributed by atoms with van der Waals surface area (Å²) in [6.07, 6.45) is 2.18. The van der Waals surface area contributed by atoms with E-state index < -0.39 is 0 Å². The van der Waals surface area contributed by atoms with E-state index >= 15 is 0 Å². The molecule has 5 nitrogen and oxygen atoms in total. The van der Waals surface area contributed by atoms with Crippen LogP contribution in [0.1, 0.15) is 41.8 Å². The van der Waals surface area contributed by atoms with Crippen LogP contribution in [0, 0.1) is 0 Å². The summed E-state index contributed by atoms with van der Waals surface area (Å²) >= 11 is 1.71. The molecule has 0 bridgehead atoms. The maximum Gasteiger partial charge on any atom is 0.248 e. The lowest BCUT2D eigenvalue weighted by Gasteiger charge is -2.22. The molecule has 0 fully saturated rings. The molecule has 0 radical (unpaired) electrons. The second kappa shape index (κ2) is 5.62. The van der Waals surface area contributed by atoms with Gasteiger partial charge >= 0.3 is 0 Å². The molecular weight excluding hydrogens is 306 g/mol. The van der Waals surface area contributed by atoms with Crippen molar-refractivity contribution >= 4 is 23.0 Å². The zero-order chi connectivity index (χ0) is 15.8. The summed E-state index contributed by atoms with van der Waals surface area (Å²) in [4.78, 5) is 1.22. The van der Waals surface area contributed by atoms with Crippen LogP contribution in [-0.2, 0) is 0 Å². The topological polar surface area (TPSA) is 55.6 Å². The van der Waals surface area contributed by atoms with Crippen LogP contribution < -0.4 is 5.32 Å². The Morgan fingerprint density at radius 3 is 2.70 bits per heavy atom. The number of rotatable bonds is 3. The minimum absolute atomic E-state index is 0.0287. The van der Waals surface area contributed by atoms with Crippen LogP contribution in [0.15, 0.2) is 47.9 Å². The zero-order valence-corrected chi connectivity index (χ0v) is 13.8. The number of hydrogen-bond donors (Lipinski definition) is 1. The Bertz CT molecular complexity index is 830. The highest BCUT2D eigenvalue weighted by atomic mass is 32.1. The summed E-state index contributed by atoms with van der Waals surface area (Å²) in [5, 5.41) is 17.4. The van der Waals surface area contributed by atoms with Crippen LogP contribution in [0.2, 0.25) is 0 Å². The fraction of sp³-hybridized carbons (Fsp3) is 0.235. The van der Waals surface area contributed by atoms with E-state index in [-0.39, 0.29) is 6.04 Å². The van der Waals surface area contributed by atoms with E-state index in [2.05, 4.69) is 82.5 Å². The Morgan fingerprint density at radius 2 is 2.00 bits per heavy atom. The van der Waals surface area contributed by atoms with Gasteiger partial charge in [0.25, 0.3) is 0 Å².